The average Bonchev–Trinajstić information content (AvgIpc) is 3.45. The highest BCUT2D eigenvalue weighted by Gasteiger charge is 2.51. The van der Waals surface area contributed by atoms with Crippen LogP contribution >= 0.6 is 0 Å². The Labute approximate surface area is 213 Å². The summed E-state index contributed by atoms with van der Waals surface area (Å²) in [4.78, 5) is 24.5. The normalized spacial score (nSPS) is 27.4. The summed E-state index contributed by atoms with van der Waals surface area (Å²) in [6.07, 6.45) is 0.165. The molecule has 5 rings (SSSR count). The lowest BCUT2D eigenvalue weighted by Gasteiger charge is -2.47. The van der Waals surface area contributed by atoms with E-state index in [1.807, 2.05) is 12.1 Å². The Hall–Kier alpha value is -3.76. The van der Waals surface area contributed by atoms with E-state index in [1.54, 1.807) is 60.7 Å². The number of hydrogen-bond acceptors (Lipinski definition) is 8. The molecule has 37 heavy (non-hydrogen) atoms. The van der Waals surface area contributed by atoms with Crippen molar-refractivity contribution in [2.24, 2.45) is 0 Å². The molecule has 3 heterocycles. The second-order valence-electron chi connectivity index (χ2n) is 8.76. The van der Waals surface area contributed by atoms with E-state index in [2.05, 4.69) is 5.32 Å². The third-order valence-corrected chi connectivity index (χ3v) is 6.15. The molecule has 2 aliphatic heterocycles. The summed E-state index contributed by atoms with van der Waals surface area (Å²) in [6.45, 7) is 1.46. The number of allylic oxidation sites excluding steroid dienone is 1. The molecule has 9 nitrogen and oxygen atoms in total. The first kappa shape index (κ1) is 24.9. The van der Waals surface area contributed by atoms with Gasteiger partial charge in [0.1, 0.15) is 30.1 Å². The first-order valence-electron chi connectivity index (χ1n) is 11.9. The van der Waals surface area contributed by atoms with Crippen LogP contribution in [0.5, 0.6) is 5.75 Å². The molecule has 1 amide bonds. The zero-order chi connectivity index (χ0) is 25.8. The van der Waals surface area contributed by atoms with Crippen LogP contribution in [-0.2, 0) is 19.0 Å². The Kier molecular flexibility index (Phi) is 7.47. The van der Waals surface area contributed by atoms with Crippen LogP contribution in [0.1, 0.15) is 34.9 Å². The second kappa shape index (κ2) is 11.1. The van der Waals surface area contributed by atoms with Gasteiger partial charge in [0, 0.05) is 18.1 Å². The number of benzene rings is 2. The highest BCUT2D eigenvalue weighted by atomic mass is 16.8. The van der Waals surface area contributed by atoms with Crippen LogP contribution in [-0.4, -0.2) is 54.0 Å². The van der Waals surface area contributed by atoms with Crippen molar-refractivity contribution >= 4 is 17.8 Å². The Morgan fingerprint density at radius 2 is 1.81 bits per heavy atom. The molecule has 6 atom stereocenters. The first-order valence-corrected chi connectivity index (χ1v) is 11.9. The van der Waals surface area contributed by atoms with Gasteiger partial charge in [-0.2, -0.15) is 0 Å². The minimum absolute atomic E-state index is 0.118. The number of furan rings is 1. The molecule has 1 aromatic heterocycles. The summed E-state index contributed by atoms with van der Waals surface area (Å²) in [5, 5.41) is 13.9. The molecule has 0 saturated carbocycles. The minimum atomic E-state index is -1.16. The number of carbonyl (C=O) groups excluding carboxylic acids is 2. The summed E-state index contributed by atoms with van der Waals surface area (Å²) in [7, 11) is 0. The number of carbonyl (C=O) groups is 2. The summed E-state index contributed by atoms with van der Waals surface area (Å²) in [5.74, 6) is 0.361. The molecule has 3 aromatic rings. The number of nitrogens with one attached hydrogen (secondary N) is 1. The maximum atomic E-state index is 12.5. The Balaban J connectivity index is 1.35. The van der Waals surface area contributed by atoms with E-state index in [4.69, 9.17) is 23.4 Å². The van der Waals surface area contributed by atoms with Crippen LogP contribution < -0.4 is 10.1 Å². The van der Waals surface area contributed by atoms with E-state index < -0.39 is 36.9 Å². The molecule has 2 aromatic carbocycles. The molecular weight excluding hydrogens is 478 g/mol. The Bertz CT molecular complexity index is 1240. The van der Waals surface area contributed by atoms with Crippen LogP contribution in [0, 0.1) is 0 Å². The van der Waals surface area contributed by atoms with Gasteiger partial charge in [-0.05, 0) is 30.4 Å². The number of rotatable bonds is 7. The predicted molar refractivity (Wildman–Crippen MR) is 131 cm³/mol. The van der Waals surface area contributed by atoms with Crippen molar-refractivity contribution < 1.29 is 38.1 Å². The SMILES string of the molecule is CC(=O)NC1C(Oc2ccccc2/C=C/C(=O)c2ccccc2)OC2COC(c3ccco3)OC2C1O. The number of hydrogen-bond donors (Lipinski definition) is 2. The number of para-hydroxylation sites is 1. The largest absolute Gasteiger partial charge is 0.464 e. The van der Waals surface area contributed by atoms with Gasteiger partial charge in [0.2, 0.25) is 18.5 Å². The molecule has 0 aliphatic carbocycles. The van der Waals surface area contributed by atoms with E-state index in [0.717, 1.165) is 0 Å². The standard InChI is InChI=1S/C28H27NO8/c1-17(30)29-24-25(32)26-23(16-34-27(37-26)22-12-7-15-33-22)36-28(24)35-21-11-6-5-10-19(21)13-14-20(31)18-8-3-2-4-9-18/h2-15,23-28,32H,16H2,1H3,(H,29,30)/b14-13+. The van der Waals surface area contributed by atoms with E-state index in [9.17, 15) is 14.7 Å². The fraction of sp³-hybridized carbons (Fsp3) is 0.286. The van der Waals surface area contributed by atoms with Gasteiger partial charge >= 0.3 is 0 Å². The highest BCUT2D eigenvalue weighted by Crippen LogP contribution is 2.35. The molecule has 2 N–H and O–H groups in total. The minimum Gasteiger partial charge on any atom is -0.464 e. The summed E-state index contributed by atoms with van der Waals surface area (Å²) >= 11 is 0. The number of aliphatic hydroxyl groups is 1. The smallest absolute Gasteiger partial charge is 0.223 e. The maximum Gasteiger partial charge on any atom is 0.223 e. The van der Waals surface area contributed by atoms with Crippen molar-refractivity contribution in [2.45, 2.75) is 43.9 Å². The molecule has 2 fully saturated rings. The number of ether oxygens (including phenoxy) is 4. The molecule has 6 unspecified atom stereocenters. The first-order chi connectivity index (χ1) is 18.0. The number of aliphatic hydroxyl groups excluding tert-OH is 1. The summed E-state index contributed by atoms with van der Waals surface area (Å²) < 4.78 is 29.3. The Morgan fingerprint density at radius 3 is 2.57 bits per heavy atom. The lowest BCUT2D eigenvalue weighted by atomic mass is 9.95. The van der Waals surface area contributed by atoms with Gasteiger partial charge in [-0.3, -0.25) is 9.59 Å². The average molecular weight is 506 g/mol. The van der Waals surface area contributed by atoms with Crippen molar-refractivity contribution in [3.63, 3.8) is 0 Å². The fourth-order valence-corrected chi connectivity index (χ4v) is 4.36. The zero-order valence-electron chi connectivity index (χ0n) is 20.1. The number of fused-ring (bicyclic) bond motifs is 1. The van der Waals surface area contributed by atoms with Gasteiger partial charge in [0.15, 0.2) is 11.5 Å². The van der Waals surface area contributed by atoms with Crippen molar-refractivity contribution in [3.05, 3.63) is 96.0 Å². The predicted octanol–water partition coefficient (Wildman–Crippen LogP) is 3.26. The van der Waals surface area contributed by atoms with Crippen LogP contribution in [0.3, 0.4) is 0 Å². The van der Waals surface area contributed by atoms with Gasteiger partial charge in [0.25, 0.3) is 0 Å². The van der Waals surface area contributed by atoms with Gasteiger partial charge in [0.05, 0.1) is 12.9 Å². The van der Waals surface area contributed by atoms with Gasteiger partial charge in [-0.25, -0.2) is 0 Å². The van der Waals surface area contributed by atoms with Crippen molar-refractivity contribution in [2.75, 3.05) is 6.61 Å². The molecule has 9 heteroatoms. The highest BCUT2D eigenvalue weighted by molar-refractivity contribution is 6.06. The molecule has 0 radical (unpaired) electrons. The zero-order valence-corrected chi connectivity index (χ0v) is 20.1. The van der Waals surface area contributed by atoms with Crippen LogP contribution in [0.2, 0.25) is 0 Å². The second-order valence-corrected chi connectivity index (χ2v) is 8.76. The quantitative estimate of drug-likeness (QED) is 0.371. The van der Waals surface area contributed by atoms with Crippen molar-refractivity contribution in [1.82, 2.24) is 5.32 Å². The molecule has 2 aliphatic rings. The lowest BCUT2D eigenvalue weighted by Crippen LogP contribution is -2.67. The third-order valence-electron chi connectivity index (χ3n) is 6.15. The van der Waals surface area contributed by atoms with Crippen LogP contribution in [0.15, 0.2) is 83.5 Å². The summed E-state index contributed by atoms with van der Waals surface area (Å²) in [6, 6.07) is 18.5. The third kappa shape index (κ3) is 5.65. The molecule has 0 bridgehead atoms. The maximum absolute atomic E-state index is 12.5. The molecule has 2 saturated heterocycles. The Morgan fingerprint density at radius 1 is 1.03 bits per heavy atom. The van der Waals surface area contributed by atoms with Gasteiger partial charge < -0.3 is 33.8 Å². The van der Waals surface area contributed by atoms with E-state index in [-0.39, 0.29) is 18.3 Å². The van der Waals surface area contributed by atoms with Gasteiger partial charge in [-0.15, -0.1) is 0 Å². The van der Waals surface area contributed by atoms with Crippen LogP contribution in [0.4, 0.5) is 0 Å². The van der Waals surface area contributed by atoms with Gasteiger partial charge in [-0.1, -0.05) is 48.5 Å². The van der Waals surface area contributed by atoms with Crippen molar-refractivity contribution in [1.29, 1.82) is 0 Å². The molecule has 0 spiro atoms. The van der Waals surface area contributed by atoms with E-state index in [0.29, 0.717) is 22.6 Å². The van der Waals surface area contributed by atoms with E-state index in [1.165, 1.54) is 19.3 Å². The van der Waals surface area contributed by atoms with Crippen LogP contribution in [0.25, 0.3) is 6.08 Å². The topological polar surface area (TPSA) is 116 Å². The fourth-order valence-electron chi connectivity index (χ4n) is 4.36. The van der Waals surface area contributed by atoms with Crippen molar-refractivity contribution in [3.8, 4) is 5.75 Å². The summed E-state index contributed by atoms with van der Waals surface area (Å²) in [5.41, 5.74) is 1.19. The van der Waals surface area contributed by atoms with E-state index >= 15 is 0 Å². The molecular formula is C28H27NO8. The number of ketones is 1. The molecule has 192 valence electrons. The monoisotopic (exact) mass is 505 g/mol. The number of amides is 1. The lowest BCUT2D eigenvalue weighted by molar-refractivity contribution is -0.336.